The first-order chi connectivity index (χ1) is 11.1. The molecule has 2 aliphatic heterocycles. The smallest absolute Gasteiger partial charge is 0.203 e. The Balaban J connectivity index is 1.74. The molecule has 6 nitrogen and oxygen atoms in total. The summed E-state index contributed by atoms with van der Waals surface area (Å²) in [6.07, 6.45) is 0. The van der Waals surface area contributed by atoms with Crippen molar-refractivity contribution in [1.29, 1.82) is 0 Å². The average Bonchev–Trinajstić information content (AvgIpc) is 2.99. The Hall–Kier alpha value is -2.44. The molecule has 120 valence electrons. The molecule has 0 spiro atoms. The topological polar surface area (TPSA) is 91.8 Å². The molecule has 2 unspecified atom stereocenters. The second kappa shape index (κ2) is 5.04. The quantitative estimate of drug-likeness (QED) is 0.735. The molecule has 2 aromatic rings. The number of rotatable bonds is 2. The largest absolute Gasteiger partial charge is 0.496 e. The van der Waals surface area contributed by atoms with Crippen LogP contribution in [0, 0.1) is 0 Å². The molecular formula is C17H19N3O3. The van der Waals surface area contributed by atoms with E-state index in [-0.39, 0.29) is 5.92 Å². The van der Waals surface area contributed by atoms with Gasteiger partial charge in [-0.05, 0) is 24.3 Å². The Bertz CT molecular complexity index is 765. The van der Waals surface area contributed by atoms with Crippen LogP contribution in [0.2, 0.25) is 0 Å². The van der Waals surface area contributed by atoms with Gasteiger partial charge in [0.15, 0.2) is 0 Å². The van der Waals surface area contributed by atoms with Crippen molar-refractivity contribution in [3.8, 4) is 11.5 Å². The Kier molecular flexibility index (Phi) is 3.11. The molecule has 5 N–H and O–H groups in total. The highest BCUT2D eigenvalue weighted by molar-refractivity contribution is 5.65. The lowest BCUT2D eigenvalue weighted by Crippen LogP contribution is -2.57. The molecule has 2 heterocycles. The van der Waals surface area contributed by atoms with Crippen LogP contribution in [0.15, 0.2) is 36.4 Å². The summed E-state index contributed by atoms with van der Waals surface area (Å²) in [6, 6.07) is 11.4. The fourth-order valence-corrected chi connectivity index (χ4v) is 3.27. The highest BCUT2D eigenvalue weighted by Crippen LogP contribution is 2.47. The molecule has 2 atom stereocenters. The minimum absolute atomic E-state index is 0.191. The van der Waals surface area contributed by atoms with Gasteiger partial charge in [0.25, 0.3) is 0 Å². The zero-order valence-electron chi connectivity index (χ0n) is 12.8. The van der Waals surface area contributed by atoms with E-state index in [9.17, 15) is 0 Å². The number of hydrogen-bond acceptors (Lipinski definition) is 6. The van der Waals surface area contributed by atoms with Gasteiger partial charge < -0.3 is 25.3 Å². The number of nitrogens with one attached hydrogen (secondary N) is 1. The van der Waals surface area contributed by atoms with E-state index in [1.54, 1.807) is 7.11 Å². The number of anilines is 2. The van der Waals surface area contributed by atoms with E-state index < -0.39 is 5.85 Å². The third-order valence-corrected chi connectivity index (χ3v) is 4.52. The van der Waals surface area contributed by atoms with E-state index in [0.717, 1.165) is 28.3 Å². The van der Waals surface area contributed by atoms with Crippen LogP contribution >= 0.6 is 0 Å². The highest BCUT2D eigenvalue weighted by atomic mass is 16.5. The summed E-state index contributed by atoms with van der Waals surface area (Å²) < 4.78 is 17.2. The predicted octanol–water partition coefficient (Wildman–Crippen LogP) is 2.01. The molecule has 23 heavy (non-hydrogen) atoms. The number of methoxy groups -OCH3 is 1. The fourth-order valence-electron chi connectivity index (χ4n) is 3.27. The molecule has 0 fully saturated rings. The molecule has 0 radical (unpaired) electrons. The minimum Gasteiger partial charge on any atom is -0.496 e. The lowest BCUT2D eigenvalue weighted by Gasteiger charge is -2.40. The van der Waals surface area contributed by atoms with Gasteiger partial charge in [0.1, 0.15) is 18.1 Å². The fraction of sp³-hybridized carbons (Fsp3) is 0.294. The summed E-state index contributed by atoms with van der Waals surface area (Å²) >= 11 is 0. The van der Waals surface area contributed by atoms with Crippen LogP contribution in [0.3, 0.4) is 0 Å². The molecule has 0 saturated carbocycles. The van der Waals surface area contributed by atoms with Crippen molar-refractivity contribution < 1.29 is 14.2 Å². The average molecular weight is 313 g/mol. The Morgan fingerprint density at radius 2 is 2.09 bits per heavy atom. The van der Waals surface area contributed by atoms with Gasteiger partial charge in [-0.2, -0.15) is 0 Å². The van der Waals surface area contributed by atoms with Gasteiger partial charge >= 0.3 is 0 Å². The van der Waals surface area contributed by atoms with Gasteiger partial charge in [-0.3, -0.25) is 5.73 Å². The third-order valence-electron chi connectivity index (χ3n) is 4.52. The van der Waals surface area contributed by atoms with Crippen molar-refractivity contribution in [3.05, 3.63) is 47.5 Å². The number of hydrogen-bond donors (Lipinski definition) is 3. The highest BCUT2D eigenvalue weighted by Gasteiger charge is 2.46. The van der Waals surface area contributed by atoms with Crippen molar-refractivity contribution in [1.82, 2.24) is 0 Å². The molecule has 2 aromatic carbocycles. The summed E-state index contributed by atoms with van der Waals surface area (Å²) in [4.78, 5) is 0. The molecule has 0 saturated heterocycles. The van der Waals surface area contributed by atoms with Crippen LogP contribution in [0.4, 0.5) is 11.4 Å². The predicted molar refractivity (Wildman–Crippen MR) is 87.4 cm³/mol. The molecule has 0 aromatic heterocycles. The molecule has 0 amide bonds. The maximum Gasteiger partial charge on any atom is 0.203 e. The maximum absolute atomic E-state index is 6.56. The molecule has 6 heteroatoms. The number of fused-ring (bicyclic) bond motifs is 2. The van der Waals surface area contributed by atoms with Gasteiger partial charge in [-0.25, -0.2) is 0 Å². The second-order valence-corrected chi connectivity index (χ2v) is 5.82. The Morgan fingerprint density at radius 3 is 2.91 bits per heavy atom. The number of nitrogen functional groups attached to an aromatic ring is 1. The van der Waals surface area contributed by atoms with E-state index in [1.165, 1.54) is 0 Å². The SMILES string of the molecule is COc1cccc2c1C(C1(N)Nc3cccc(N)c3CO1)CO2. The normalized spacial score (nSPS) is 25.0. The first-order valence-electron chi connectivity index (χ1n) is 7.50. The van der Waals surface area contributed by atoms with Gasteiger partial charge in [0.2, 0.25) is 5.85 Å². The van der Waals surface area contributed by atoms with Gasteiger partial charge in [0, 0.05) is 22.5 Å². The van der Waals surface area contributed by atoms with Crippen LogP contribution in [0.1, 0.15) is 17.0 Å². The van der Waals surface area contributed by atoms with Crippen LogP contribution in [-0.4, -0.2) is 19.6 Å². The third kappa shape index (κ3) is 2.10. The summed E-state index contributed by atoms with van der Waals surface area (Å²) in [6.45, 7) is 0.781. The summed E-state index contributed by atoms with van der Waals surface area (Å²) in [5.74, 6) is 0.255. The maximum atomic E-state index is 6.56. The molecule has 0 aliphatic carbocycles. The summed E-state index contributed by atoms with van der Waals surface area (Å²) in [5, 5.41) is 3.29. The van der Waals surface area contributed by atoms with Crippen LogP contribution in [0.25, 0.3) is 0 Å². The van der Waals surface area contributed by atoms with Gasteiger partial charge in [0.05, 0.1) is 19.6 Å². The first-order valence-corrected chi connectivity index (χ1v) is 7.50. The molecule has 0 bridgehead atoms. The summed E-state index contributed by atoms with van der Waals surface area (Å²) in [5.41, 5.74) is 16.0. The first kappa shape index (κ1) is 14.2. The van der Waals surface area contributed by atoms with Crippen molar-refractivity contribution in [2.75, 3.05) is 24.8 Å². The van der Waals surface area contributed by atoms with E-state index in [2.05, 4.69) is 5.32 Å². The van der Waals surface area contributed by atoms with E-state index in [0.29, 0.717) is 18.9 Å². The zero-order valence-corrected chi connectivity index (χ0v) is 12.8. The van der Waals surface area contributed by atoms with Gasteiger partial charge in [-0.1, -0.05) is 12.1 Å². The number of ether oxygens (including phenoxy) is 3. The zero-order chi connectivity index (χ0) is 16.0. The molecule has 2 aliphatic rings. The standard InChI is InChI=1S/C17H19N3O3/c1-21-14-6-3-7-15-16(14)11(9-22-15)17(19)20-13-5-2-4-12(18)10(13)8-23-17/h2-7,11,20H,8-9,18-19H2,1H3. The van der Waals surface area contributed by atoms with Gasteiger partial charge in [-0.15, -0.1) is 0 Å². The Morgan fingerprint density at radius 1 is 1.26 bits per heavy atom. The van der Waals surface area contributed by atoms with Crippen LogP contribution in [-0.2, 0) is 11.3 Å². The number of benzene rings is 2. The van der Waals surface area contributed by atoms with Crippen molar-refractivity contribution in [3.63, 3.8) is 0 Å². The van der Waals surface area contributed by atoms with Crippen LogP contribution in [0.5, 0.6) is 11.5 Å². The van der Waals surface area contributed by atoms with E-state index in [1.807, 2.05) is 36.4 Å². The lowest BCUT2D eigenvalue weighted by molar-refractivity contribution is -0.0605. The van der Waals surface area contributed by atoms with Crippen molar-refractivity contribution in [2.45, 2.75) is 18.4 Å². The molecule has 4 rings (SSSR count). The lowest BCUT2D eigenvalue weighted by atomic mass is 9.93. The summed E-state index contributed by atoms with van der Waals surface area (Å²) in [7, 11) is 1.64. The molecular weight excluding hydrogens is 294 g/mol. The number of nitrogens with two attached hydrogens (primary N) is 2. The van der Waals surface area contributed by atoms with E-state index >= 15 is 0 Å². The minimum atomic E-state index is -1.08. The Labute approximate surface area is 134 Å². The van der Waals surface area contributed by atoms with Crippen molar-refractivity contribution in [2.24, 2.45) is 5.73 Å². The van der Waals surface area contributed by atoms with E-state index in [4.69, 9.17) is 25.7 Å². The van der Waals surface area contributed by atoms with Crippen molar-refractivity contribution >= 4 is 11.4 Å². The second-order valence-electron chi connectivity index (χ2n) is 5.82. The van der Waals surface area contributed by atoms with Crippen LogP contribution < -0.4 is 26.3 Å². The monoisotopic (exact) mass is 313 g/mol.